The number of anilines is 2. The van der Waals surface area contributed by atoms with Gasteiger partial charge < -0.3 is 10.1 Å². The molecule has 0 amide bonds. The van der Waals surface area contributed by atoms with Crippen LogP contribution in [0.25, 0.3) is 0 Å². The lowest BCUT2D eigenvalue weighted by molar-refractivity contribution is 0.0410. The zero-order valence-electron chi connectivity index (χ0n) is 14.2. The number of thioether (sulfide) groups is 1. The van der Waals surface area contributed by atoms with Crippen LogP contribution in [0.5, 0.6) is 0 Å². The largest absolute Gasteiger partial charge is 0.379 e. The Labute approximate surface area is 151 Å². The van der Waals surface area contributed by atoms with Crippen LogP contribution < -0.4 is 5.32 Å². The first-order valence-corrected chi connectivity index (χ1v) is 10.1. The number of aromatic nitrogens is 2. The van der Waals surface area contributed by atoms with Crippen molar-refractivity contribution in [3.63, 3.8) is 0 Å². The van der Waals surface area contributed by atoms with Gasteiger partial charge in [-0.2, -0.15) is 0 Å². The number of rotatable bonds is 7. The van der Waals surface area contributed by atoms with Crippen molar-refractivity contribution < 1.29 is 4.74 Å². The first-order valence-electron chi connectivity index (χ1n) is 8.34. The van der Waals surface area contributed by atoms with Crippen LogP contribution in [0.3, 0.4) is 0 Å². The minimum Gasteiger partial charge on any atom is -0.379 e. The van der Waals surface area contributed by atoms with E-state index in [1.54, 1.807) is 23.1 Å². The first kappa shape index (κ1) is 17.7. The van der Waals surface area contributed by atoms with Crippen LogP contribution in [0.15, 0.2) is 28.6 Å². The van der Waals surface area contributed by atoms with Crippen LogP contribution in [0.2, 0.25) is 0 Å². The Kier molecular flexibility index (Phi) is 6.48. The molecule has 0 unspecified atom stereocenters. The maximum absolute atomic E-state index is 5.37. The monoisotopic (exact) mass is 364 g/mol. The minimum absolute atomic E-state index is 0.551. The molecule has 0 radical (unpaired) electrons. The first-order chi connectivity index (χ1) is 11.7. The molecule has 3 rings (SSSR count). The van der Waals surface area contributed by atoms with E-state index >= 15 is 0 Å². The van der Waals surface area contributed by atoms with Crippen LogP contribution in [-0.2, 0) is 4.74 Å². The number of nitrogens with zero attached hydrogens (tertiary/aromatic N) is 3. The van der Waals surface area contributed by atoms with E-state index in [0.717, 1.165) is 53.8 Å². The molecule has 5 nitrogen and oxygen atoms in total. The van der Waals surface area contributed by atoms with Crippen molar-refractivity contribution in [2.75, 3.05) is 43.9 Å². The summed E-state index contributed by atoms with van der Waals surface area (Å²) in [7, 11) is 0. The van der Waals surface area contributed by atoms with Crippen molar-refractivity contribution in [2.45, 2.75) is 24.1 Å². The Morgan fingerprint density at radius 2 is 1.96 bits per heavy atom. The van der Waals surface area contributed by atoms with Crippen molar-refractivity contribution in [1.82, 2.24) is 15.1 Å². The number of hydrogen-bond donors (Lipinski definition) is 1. The fourth-order valence-corrected chi connectivity index (χ4v) is 4.32. The van der Waals surface area contributed by atoms with Crippen LogP contribution in [0.4, 0.5) is 10.8 Å². The lowest BCUT2D eigenvalue weighted by atomic mass is 10.0. The van der Waals surface area contributed by atoms with E-state index < -0.39 is 0 Å². The molecule has 1 aromatic carbocycles. The Morgan fingerprint density at radius 1 is 1.21 bits per heavy atom. The van der Waals surface area contributed by atoms with Crippen LogP contribution in [0, 0.1) is 0 Å². The van der Waals surface area contributed by atoms with Crippen molar-refractivity contribution >= 4 is 33.9 Å². The Morgan fingerprint density at radius 3 is 2.67 bits per heavy atom. The van der Waals surface area contributed by atoms with Gasteiger partial charge in [0.25, 0.3) is 0 Å². The normalized spacial score (nSPS) is 15.8. The summed E-state index contributed by atoms with van der Waals surface area (Å²) in [5.41, 5.74) is 2.40. The van der Waals surface area contributed by atoms with E-state index in [1.807, 2.05) is 0 Å². The Bertz CT molecular complexity index is 624. The van der Waals surface area contributed by atoms with Crippen molar-refractivity contribution in [1.29, 1.82) is 0 Å². The maximum Gasteiger partial charge on any atom is 0.210 e. The molecule has 0 saturated carbocycles. The molecule has 0 bridgehead atoms. The van der Waals surface area contributed by atoms with Gasteiger partial charge >= 0.3 is 0 Å². The smallest absolute Gasteiger partial charge is 0.210 e. The topological polar surface area (TPSA) is 50.3 Å². The molecular formula is C17H24N4OS2. The van der Waals surface area contributed by atoms with Crippen LogP contribution in [0.1, 0.15) is 25.3 Å². The van der Waals surface area contributed by atoms with Crippen molar-refractivity contribution in [3.05, 3.63) is 29.8 Å². The number of morpholine rings is 1. The lowest BCUT2D eigenvalue weighted by Crippen LogP contribution is -2.37. The van der Waals surface area contributed by atoms with E-state index in [9.17, 15) is 0 Å². The third-order valence-electron chi connectivity index (χ3n) is 3.97. The molecule has 1 fully saturated rings. The molecule has 1 N–H and O–H groups in total. The molecule has 1 saturated heterocycles. The fourth-order valence-electron chi connectivity index (χ4n) is 2.48. The molecule has 24 heavy (non-hydrogen) atoms. The zero-order valence-corrected chi connectivity index (χ0v) is 15.8. The average molecular weight is 365 g/mol. The van der Waals surface area contributed by atoms with Crippen molar-refractivity contribution in [3.8, 4) is 0 Å². The van der Waals surface area contributed by atoms with E-state index in [0.29, 0.717) is 5.92 Å². The summed E-state index contributed by atoms with van der Waals surface area (Å²) < 4.78 is 6.39. The summed E-state index contributed by atoms with van der Waals surface area (Å²) in [6.45, 7) is 9.26. The summed E-state index contributed by atoms with van der Waals surface area (Å²) >= 11 is 3.39. The summed E-state index contributed by atoms with van der Waals surface area (Å²) in [4.78, 5) is 2.44. The summed E-state index contributed by atoms with van der Waals surface area (Å²) in [6.07, 6.45) is 0. The predicted octanol–water partition coefficient (Wildman–Crippen LogP) is 3.83. The van der Waals surface area contributed by atoms with E-state index in [-0.39, 0.29) is 0 Å². The average Bonchev–Trinajstić information content (AvgIpc) is 3.04. The van der Waals surface area contributed by atoms with Gasteiger partial charge in [-0.3, -0.25) is 4.90 Å². The van der Waals surface area contributed by atoms with Gasteiger partial charge in [-0.25, -0.2) is 0 Å². The lowest BCUT2D eigenvalue weighted by Gasteiger charge is -2.25. The second-order valence-electron chi connectivity index (χ2n) is 6.08. The third kappa shape index (κ3) is 5.17. The molecule has 1 aromatic heterocycles. The molecule has 0 aliphatic carbocycles. The standard InChI is InChI=1S/C17H24N4OS2/c1-13(2)14-3-5-15(6-4-14)18-16-19-20-17(24-16)23-12-9-21-7-10-22-11-8-21/h3-6,13H,7-12H2,1-2H3,(H,18,19). The highest BCUT2D eigenvalue weighted by molar-refractivity contribution is 8.01. The van der Waals surface area contributed by atoms with Gasteiger partial charge in [-0.15, -0.1) is 10.2 Å². The molecule has 0 spiro atoms. The van der Waals surface area contributed by atoms with Crippen molar-refractivity contribution in [2.24, 2.45) is 0 Å². The molecule has 2 heterocycles. The van der Waals surface area contributed by atoms with Gasteiger partial charge in [0.15, 0.2) is 4.34 Å². The molecule has 7 heteroatoms. The molecule has 130 valence electrons. The van der Waals surface area contributed by atoms with Crippen LogP contribution in [-0.4, -0.2) is 53.7 Å². The molecular weight excluding hydrogens is 340 g/mol. The van der Waals surface area contributed by atoms with Gasteiger partial charge in [0.1, 0.15) is 0 Å². The highest BCUT2D eigenvalue weighted by Gasteiger charge is 2.11. The number of nitrogens with one attached hydrogen (secondary N) is 1. The Hall–Kier alpha value is -1.15. The Balaban J connectivity index is 1.46. The van der Waals surface area contributed by atoms with Gasteiger partial charge in [0.05, 0.1) is 13.2 Å². The third-order valence-corrected chi connectivity index (χ3v) is 5.92. The van der Waals surface area contributed by atoms with E-state index in [2.05, 4.69) is 58.5 Å². The minimum atomic E-state index is 0.551. The zero-order chi connectivity index (χ0) is 16.8. The number of hydrogen-bond acceptors (Lipinski definition) is 7. The number of benzene rings is 1. The van der Waals surface area contributed by atoms with Crippen LogP contribution >= 0.6 is 23.1 Å². The second kappa shape index (κ2) is 8.80. The van der Waals surface area contributed by atoms with E-state index in [1.165, 1.54) is 5.56 Å². The predicted molar refractivity (Wildman–Crippen MR) is 102 cm³/mol. The summed E-state index contributed by atoms with van der Waals surface area (Å²) in [5.74, 6) is 1.59. The SMILES string of the molecule is CC(C)c1ccc(Nc2nnc(SCCN3CCOCC3)s2)cc1. The molecule has 1 aliphatic heterocycles. The number of ether oxygens (including phenoxy) is 1. The fraction of sp³-hybridized carbons (Fsp3) is 0.529. The summed E-state index contributed by atoms with van der Waals surface area (Å²) in [6, 6.07) is 8.52. The van der Waals surface area contributed by atoms with E-state index in [4.69, 9.17) is 4.74 Å². The molecule has 1 aliphatic rings. The highest BCUT2D eigenvalue weighted by atomic mass is 32.2. The van der Waals surface area contributed by atoms with Gasteiger partial charge in [0, 0.05) is 31.1 Å². The molecule has 2 aromatic rings. The summed E-state index contributed by atoms with van der Waals surface area (Å²) in [5, 5.41) is 12.7. The second-order valence-corrected chi connectivity index (χ2v) is 8.40. The van der Waals surface area contributed by atoms with Gasteiger partial charge in [-0.05, 0) is 23.6 Å². The maximum atomic E-state index is 5.37. The highest BCUT2D eigenvalue weighted by Crippen LogP contribution is 2.28. The van der Waals surface area contributed by atoms with Gasteiger partial charge in [0.2, 0.25) is 5.13 Å². The molecule has 0 atom stereocenters. The quantitative estimate of drug-likeness (QED) is 0.754. The van der Waals surface area contributed by atoms with Gasteiger partial charge in [-0.1, -0.05) is 49.1 Å².